The Morgan fingerprint density at radius 2 is 1.92 bits per heavy atom. The van der Waals surface area contributed by atoms with E-state index in [0.29, 0.717) is 54.3 Å². The average molecular weight is 508 g/mol. The fourth-order valence-corrected chi connectivity index (χ4v) is 4.92. The van der Waals surface area contributed by atoms with Gasteiger partial charge in [-0.3, -0.25) is 9.59 Å². The van der Waals surface area contributed by atoms with Crippen LogP contribution < -0.4 is 21.4 Å². The molecule has 0 saturated carbocycles. The molecule has 4 rings (SSSR count). The van der Waals surface area contributed by atoms with Crippen molar-refractivity contribution in [3.05, 3.63) is 68.9 Å². The minimum Gasteiger partial charge on any atom is -0.440 e. The molecule has 8 heteroatoms. The monoisotopic (exact) mass is 507 g/mol. The SMILES string of the molecule is COCCOCCc1cccc(C(N)=O)c1NC(C)c1cc(C)cc2c(=O)cc(N3CCCCC3)oc12. The van der Waals surface area contributed by atoms with E-state index in [2.05, 4.69) is 10.2 Å². The van der Waals surface area contributed by atoms with Gasteiger partial charge in [0.15, 0.2) is 11.3 Å². The molecule has 1 unspecified atom stereocenters. The molecule has 2 heterocycles. The quantitative estimate of drug-likeness (QED) is 0.366. The van der Waals surface area contributed by atoms with Crippen LogP contribution in [-0.4, -0.2) is 45.9 Å². The molecule has 0 radical (unpaired) electrons. The van der Waals surface area contributed by atoms with Gasteiger partial charge >= 0.3 is 0 Å². The summed E-state index contributed by atoms with van der Waals surface area (Å²) in [5, 5.41) is 4.06. The van der Waals surface area contributed by atoms with Crippen LogP contribution in [0.1, 0.15) is 59.3 Å². The zero-order valence-electron chi connectivity index (χ0n) is 22.0. The second-order valence-corrected chi connectivity index (χ2v) is 9.65. The third-order valence-corrected chi connectivity index (χ3v) is 6.85. The molecule has 0 spiro atoms. The van der Waals surface area contributed by atoms with E-state index in [4.69, 9.17) is 19.6 Å². The van der Waals surface area contributed by atoms with Crippen molar-refractivity contribution in [2.75, 3.05) is 50.2 Å². The van der Waals surface area contributed by atoms with Gasteiger partial charge in [0, 0.05) is 31.8 Å². The molecule has 1 atom stereocenters. The van der Waals surface area contributed by atoms with Crippen molar-refractivity contribution in [3.8, 4) is 0 Å². The van der Waals surface area contributed by atoms with E-state index >= 15 is 0 Å². The van der Waals surface area contributed by atoms with Crippen LogP contribution in [-0.2, 0) is 15.9 Å². The number of rotatable bonds is 11. The average Bonchev–Trinajstić information content (AvgIpc) is 2.89. The maximum atomic E-state index is 13.1. The predicted molar refractivity (Wildman–Crippen MR) is 147 cm³/mol. The number of hydrogen-bond donors (Lipinski definition) is 2. The Labute approximate surface area is 217 Å². The maximum Gasteiger partial charge on any atom is 0.250 e. The number of carbonyl (C=O) groups is 1. The van der Waals surface area contributed by atoms with Crippen molar-refractivity contribution in [2.45, 2.75) is 45.6 Å². The number of anilines is 2. The fraction of sp³-hybridized carbons (Fsp3) is 0.448. The Morgan fingerprint density at radius 3 is 2.65 bits per heavy atom. The highest BCUT2D eigenvalue weighted by Gasteiger charge is 2.21. The topological polar surface area (TPSA) is 107 Å². The van der Waals surface area contributed by atoms with Crippen molar-refractivity contribution >= 4 is 28.4 Å². The molecule has 198 valence electrons. The van der Waals surface area contributed by atoms with Gasteiger partial charge in [0.25, 0.3) is 5.91 Å². The lowest BCUT2D eigenvalue weighted by Crippen LogP contribution is -2.30. The Morgan fingerprint density at radius 1 is 1.14 bits per heavy atom. The third kappa shape index (κ3) is 6.32. The number of nitrogens with one attached hydrogen (secondary N) is 1. The Bertz CT molecular complexity index is 1300. The molecule has 1 amide bonds. The lowest BCUT2D eigenvalue weighted by Gasteiger charge is -2.27. The Hall–Kier alpha value is -3.36. The van der Waals surface area contributed by atoms with Crippen LogP contribution in [0.15, 0.2) is 45.6 Å². The van der Waals surface area contributed by atoms with Crippen LogP contribution in [0.4, 0.5) is 11.6 Å². The number of piperidine rings is 1. The normalized spacial score (nSPS) is 14.6. The zero-order chi connectivity index (χ0) is 26.4. The summed E-state index contributed by atoms with van der Waals surface area (Å²) in [6.45, 7) is 7.23. The van der Waals surface area contributed by atoms with Gasteiger partial charge in [-0.15, -0.1) is 0 Å². The van der Waals surface area contributed by atoms with Crippen LogP contribution in [0.25, 0.3) is 11.0 Å². The summed E-state index contributed by atoms with van der Waals surface area (Å²) >= 11 is 0. The van der Waals surface area contributed by atoms with E-state index in [0.717, 1.165) is 42.6 Å². The van der Waals surface area contributed by atoms with Gasteiger partial charge in [0.2, 0.25) is 0 Å². The number of nitrogens with two attached hydrogens (primary N) is 1. The number of para-hydroxylation sites is 1. The molecule has 3 N–H and O–H groups in total. The summed E-state index contributed by atoms with van der Waals surface area (Å²) in [6.07, 6.45) is 3.96. The minimum atomic E-state index is -0.509. The first kappa shape index (κ1) is 26.7. The molecule has 1 saturated heterocycles. The lowest BCUT2D eigenvalue weighted by molar-refractivity contribution is 0.0723. The number of fused-ring (bicyclic) bond motifs is 1. The first-order valence-electron chi connectivity index (χ1n) is 13.0. The van der Waals surface area contributed by atoms with E-state index in [1.165, 1.54) is 6.42 Å². The highest BCUT2D eigenvalue weighted by atomic mass is 16.5. The second kappa shape index (κ2) is 12.3. The van der Waals surface area contributed by atoms with Crippen molar-refractivity contribution < 1.29 is 18.7 Å². The van der Waals surface area contributed by atoms with Crippen LogP contribution in [0.2, 0.25) is 0 Å². The van der Waals surface area contributed by atoms with E-state index in [1.807, 2.05) is 38.1 Å². The van der Waals surface area contributed by atoms with E-state index in [9.17, 15) is 9.59 Å². The van der Waals surface area contributed by atoms with Crippen molar-refractivity contribution in [1.82, 2.24) is 0 Å². The van der Waals surface area contributed by atoms with Gasteiger partial charge in [-0.2, -0.15) is 0 Å². The zero-order valence-corrected chi connectivity index (χ0v) is 22.0. The number of methoxy groups -OCH3 is 1. The van der Waals surface area contributed by atoms with Crippen molar-refractivity contribution in [1.29, 1.82) is 0 Å². The standard InChI is InChI=1S/C29H37N3O5/c1-19-16-23(28-24(17-19)25(33)18-26(37-28)32-11-5-4-6-12-32)20(2)31-27-21(10-13-36-15-14-35-3)8-7-9-22(27)29(30)34/h7-9,16-18,20,31H,4-6,10-15H2,1-3H3,(H2,30,34). The predicted octanol–water partition coefficient (Wildman–Crippen LogP) is 4.57. The minimum absolute atomic E-state index is 0.0505. The summed E-state index contributed by atoms with van der Waals surface area (Å²) in [5.41, 5.74) is 10.1. The smallest absolute Gasteiger partial charge is 0.250 e. The summed E-state index contributed by atoms with van der Waals surface area (Å²) in [7, 11) is 1.63. The van der Waals surface area contributed by atoms with Gasteiger partial charge in [0.1, 0.15) is 5.58 Å². The first-order valence-corrected chi connectivity index (χ1v) is 13.0. The van der Waals surface area contributed by atoms with Gasteiger partial charge in [-0.1, -0.05) is 18.2 Å². The second-order valence-electron chi connectivity index (χ2n) is 9.65. The molecule has 1 aliphatic heterocycles. The summed E-state index contributed by atoms with van der Waals surface area (Å²) in [5.74, 6) is 0.103. The molecule has 2 aromatic carbocycles. The van der Waals surface area contributed by atoms with Crippen molar-refractivity contribution in [3.63, 3.8) is 0 Å². The van der Waals surface area contributed by atoms with E-state index < -0.39 is 5.91 Å². The van der Waals surface area contributed by atoms with Gasteiger partial charge in [0.05, 0.1) is 42.5 Å². The number of benzene rings is 2. The summed E-state index contributed by atoms with van der Waals surface area (Å²) in [4.78, 5) is 27.6. The Balaban J connectivity index is 1.69. The molecule has 37 heavy (non-hydrogen) atoms. The molecule has 1 aromatic heterocycles. The largest absolute Gasteiger partial charge is 0.440 e. The summed E-state index contributed by atoms with van der Waals surface area (Å²) < 4.78 is 17.1. The van der Waals surface area contributed by atoms with Crippen LogP contribution in [0.3, 0.4) is 0 Å². The molecule has 0 bridgehead atoms. The van der Waals surface area contributed by atoms with Crippen LogP contribution >= 0.6 is 0 Å². The highest BCUT2D eigenvalue weighted by molar-refractivity contribution is 5.99. The van der Waals surface area contributed by atoms with Gasteiger partial charge < -0.3 is 29.8 Å². The summed E-state index contributed by atoms with van der Waals surface area (Å²) in [6, 6.07) is 10.8. The molecule has 0 aliphatic carbocycles. The number of carbonyl (C=O) groups excluding carboxylic acids is 1. The molecular weight excluding hydrogens is 470 g/mol. The van der Waals surface area contributed by atoms with E-state index in [1.54, 1.807) is 19.2 Å². The molecule has 8 nitrogen and oxygen atoms in total. The number of nitrogens with zero attached hydrogens (tertiary/aromatic N) is 1. The van der Waals surface area contributed by atoms with Crippen LogP contribution in [0.5, 0.6) is 0 Å². The fourth-order valence-electron chi connectivity index (χ4n) is 4.92. The molecule has 3 aromatic rings. The highest BCUT2D eigenvalue weighted by Crippen LogP contribution is 2.32. The number of hydrogen-bond acceptors (Lipinski definition) is 7. The van der Waals surface area contributed by atoms with Gasteiger partial charge in [-0.05, 0) is 62.8 Å². The van der Waals surface area contributed by atoms with E-state index in [-0.39, 0.29) is 11.5 Å². The third-order valence-electron chi connectivity index (χ3n) is 6.85. The molecule has 1 aliphatic rings. The first-order chi connectivity index (χ1) is 17.9. The van der Waals surface area contributed by atoms with Crippen LogP contribution in [0, 0.1) is 6.92 Å². The number of primary amides is 1. The van der Waals surface area contributed by atoms with Gasteiger partial charge in [-0.25, -0.2) is 0 Å². The maximum absolute atomic E-state index is 13.1. The lowest BCUT2D eigenvalue weighted by atomic mass is 9.99. The molecular formula is C29H37N3O5. The molecule has 1 fully saturated rings. The Kier molecular flexibility index (Phi) is 8.84. The number of ether oxygens (including phenoxy) is 2. The van der Waals surface area contributed by atoms with Crippen molar-refractivity contribution in [2.24, 2.45) is 5.73 Å². The number of aryl methyl sites for hydroxylation is 1. The number of amides is 1.